The van der Waals surface area contributed by atoms with Gasteiger partial charge in [-0.1, -0.05) is 6.92 Å². The molecule has 0 aliphatic rings. The number of nitrogens with zero attached hydrogens (tertiary/aromatic N) is 3. The van der Waals surface area contributed by atoms with Gasteiger partial charge in [0.15, 0.2) is 5.82 Å². The number of likely N-dealkylation sites (N-methyl/N-ethyl adjacent to an activating group) is 1. The summed E-state index contributed by atoms with van der Waals surface area (Å²) in [6.45, 7) is 5.89. The van der Waals surface area contributed by atoms with Crippen LogP contribution < -0.4 is 10.9 Å². The van der Waals surface area contributed by atoms with Crippen LogP contribution in [0, 0.1) is 0 Å². The zero-order valence-corrected chi connectivity index (χ0v) is 12.1. The van der Waals surface area contributed by atoms with Crippen LogP contribution in [0.3, 0.4) is 0 Å². The first-order valence-corrected chi connectivity index (χ1v) is 6.65. The summed E-state index contributed by atoms with van der Waals surface area (Å²) in [5.74, 6) is 0.427. The van der Waals surface area contributed by atoms with Gasteiger partial charge in [-0.05, 0) is 13.5 Å². The fourth-order valence-corrected chi connectivity index (χ4v) is 1.71. The van der Waals surface area contributed by atoms with Gasteiger partial charge in [0.05, 0.1) is 6.61 Å². The predicted octanol–water partition coefficient (Wildman–Crippen LogP) is 0.643. The fraction of sp³-hybridized carbons (Fsp3) is 0.692. The molecule has 0 aromatic carbocycles. The molecule has 0 aliphatic heterocycles. The Balaban J connectivity index is 2.45. The second-order valence-electron chi connectivity index (χ2n) is 4.50. The molecule has 0 aliphatic carbocycles. The number of aromatic nitrogens is 2. The Bertz CT molecular complexity index is 419. The maximum Gasteiger partial charge on any atom is 0.293 e. The van der Waals surface area contributed by atoms with Crippen molar-refractivity contribution in [2.24, 2.45) is 0 Å². The molecule has 1 aromatic heterocycles. The largest absolute Gasteiger partial charge is 0.383 e. The average molecular weight is 268 g/mol. The Kier molecular flexibility index (Phi) is 7.14. The van der Waals surface area contributed by atoms with Crippen molar-refractivity contribution in [1.29, 1.82) is 0 Å². The third-order valence-corrected chi connectivity index (χ3v) is 2.84. The van der Waals surface area contributed by atoms with E-state index < -0.39 is 0 Å². The topological polar surface area (TPSA) is 59.4 Å². The number of nitrogens with one attached hydrogen (secondary N) is 1. The van der Waals surface area contributed by atoms with Gasteiger partial charge in [0.1, 0.15) is 0 Å². The number of hydrogen-bond donors (Lipinski definition) is 1. The van der Waals surface area contributed by atoms with Crippen molar-refractivity contribution in [2.75, 3.05) is 45.7 Å². The minimum Gasteiger partial charge on any atom is -0.383 e. The minimum atomic E-state index is -0.0519. The molecular formula is C13H24N4O2. The molecule has 0 saturated carbocycles. The Labute approximate surface area is 114 Å². The molecule has 0 atom stereocenters. The summed E-state index contributed by atoms with van der Waals surface area (Å²) in [4.78, 5) is 18.2. The average Bonchev–Trinajstić information content (AvgIpc) is 2.41. The molecule has 1 aromatic rings. The summed E-state index contributed by atoms with van der Waals surface area (Å²) in [7, 11) is 3.71. The van der Waals surface area contributed by atoms with E-state index >= 15 is 0 Å². The summed E-state index contributed by atoms with van der Waals surface area (Å²) >= 11 is 0. The third kappa shape index (κ3) is 5.40. The molecule has 1 N–H and O–H groups in total. The van der Waals surface area contributed by atoms with Gasteiger partial charge in [0.2, 0.25) is 0 Å². The summed E-state index contributed by atoms with van der Waals surface area (Å²) in [6, 6.07) is 0. The Morgan fingerprint density at radius 1 is 1.47 bits per heavy atom. The van der Waals surface area contributed by atoms with E-state index in [1.54, 1.807) is 24.1 Å². The molecule has 6 heteroatoms. The fourth-order valence-electron chi connectivity index (χ4n) is 1.71. The predicted molar refractivity (Wildman–Crippen MR) is 76.7 cm³/mol. The molecule has 0 radical (unpaired) electrons. The first-order chi connectivity index (χ1) is 9.19. The Morgan fingerprint density at radius 2 is 2.26 bits per heavy atom. The van der Waals surface area contributed by atoms with Crippen LogP contribution in [-0.4, -0.2) is 54.8 Å². The van der Waals surface area contributed by atoms with Crippen LogP contribution in [0.15, 0.2) is 17.2 Å². The first kappa shape index (κ1) is 15.7. The van der Waals surface area contributed by atoms with Crippen molar-refractivity contribution < 1.29 is 4.74 Å². The van der Waals surface area contributed by atoms with E-state index in [2.05, 4.69) is 15.2 Å². The van der Waals surface area contributed by atoms with Crippen LogP contribution >= 0.6 is 0 Å². The van der Waals surface area contributed by atoms with Crippen molar-refractivity contribution in [1.82, 2.24) is 14.5 Å². The van der Waals surface area contributed by atoms with Crippen LogP contribution in [-0.2, 0) is 11.3 Å². The minimum absolute atomic E-state index is 0.0519. The van der Waals surface area contributed by atoms with E-state index in [4.69, 9.17) is 4.74 Å². The van der Waals surface area contributed by atoms with Gasteiger partial charge >= 0.3 is 0 Å². The van der Waals surface area contributed by atoms with Gasteiger partial charge < -0.3 is 19.5 Å². The van der Waals surface area contributed by atoms with Crippen molar-refractivity contribution in [3.05, 3.63) is 22.7 Å². The summed E-state index contributed by atoms with van der Waals surface area (Å²) in [6.07, 6.45) is 4.32. The van der Waals surface area contributed by atoms with Crippen molar-refractivity contribution in [3.63, 3.8) is 0 Å². The quantitative estimate of drug-likeness (QED) is 0.712. The Morgan fingerprint density at radius 3 is 2.95 bits per heavy atom. The maximum absolute atomic E-state index is 12.0. The molecule has 19 heavy (non-hydrogen) atoms. The molecule has 108 valence electrons. The molecule has 0 saturated heterocycles. The molecule has 0 bridgehead atoms. The lowest BCUT2D eigenvalue weighted by Crippen LogP contribution is -2.31. The zero-order valence-electron chi connectivity index (χ0n) is 12.1. The Hall–Kier alpha value is -1.40. The first-order valence-electron chi connectivity index (χ1n) is 6.65. The van der Waals surface area contributed by atoms with E-state index in [-0.39, 0.29) is 5.56 Å². The number of rotatable bonds is 9. The van der Waals surface area contributed by atoms with Gasteiger partial charge in [-0.3, -0.25) is 4.79 Å². The van der Waals surface area contributed by atoms with Gasteiger partial charge in [-0.2, -0.15) is 0 Å². The second-order valence-corrected chi connectivity index (χ2v) is 4.50. The van der Waals surface area contributed by atoms with Crippen LogP contribution in [0.1, 0.15) is 13.3 Å². The maximum atomic E-state index is 12.0. The van der Waals surface area contributed by atoms with Gasteiger partial charge in [-0.15, -0.1) is 0 Å². The van der Waals surface area contributed by atoms with Gasteiger partial charge in [-0.25, -0.2) is 4.98 Å². The van der Waals surface area contributed by atoms with E-state index in [0.29, 0.717) is 19.0 Å². The lowest BCUT2D eigenvalue weighted by atomic mass is 10.4. The van der Waals surface area contributed by atoms with Crippen molar-refractivity contribution in [3.8, 4) is 0 Å². The normalized spacial score (nSPS) is 10.9. The number of aryl methyl sites for hydroxylation is 1. The van der Waals surface area contributed by atoms with Crippen LogP contribution in [0.4, 0.5) is 5.82 Å². The number of methoxy groups -OCH3 is 1. The van der Waals surface area contributed by atoms with Gasteiger partial charge in [0.25, 0.3) is 5.56 Å². The highest BCUT2D eigenvalue weighted by molar-refractivity contribution is 5.30. The second kappa shape index (κ2) is 8.66. The van der Waals surface area contributed by atoms with Crippen molar-refractivity contribution >= 4 is 5.82 Å². The number of ether oxygens (including phenoxy) is 1. The number of hydrogen-bond acceptors (Lipinski definition) is 5. The highest BCUT2D eigenvalue weighted by Crippen LogP contribution is 1.94. The van der Waals surface area contributed by atoms with Crippen LogP contribution in [0.25, 0.3) is 0 Å². The van der Waals surface area contributed by atoms with Gasteiger partial charge in [0, 0.05) is 45.7 Å². The van der Waals surface area contributed by atoms with E-state index in [0.717, 1.165) is 26.1 Å². The highest BCUT2D eigenvalue weighted by Gasteiger charge is 2.04. The SMILES string of the molecule is CCCn1ccnc(NCCN(C)CCOC)c1=O. The number of anilines is 1. The molecule has 0 fully saturated rings. The summed E-state index contributed by atoms with van der Waals surface area (Å²) in [5.41, 5.74) is -0.0519. The molecule has 0 spiro atoms. The molecule has 1 rings (SSSR count). The lowest BCUT2D eigenvalue weighted by molar-refractivity contribution is 0.163. The molecule has 0 unspecified atom stereocenters. The lowest BCUT2D eigenvalue weighted by Gasteiger charge is -2.16. The summed E-state index contributed by atoms with van der Waals surface area (Å²) in [5, 5.41) is 3.09. The molecule has 0 amide bonds. The molecular weight excluding hydrogens is 244 g/mol. The zero-order chi connectivity index (χ0) is 14.1. The van der Waals surface area contributed by atoms with E-state index in [1.165, 1.54) is 0 Å². The van der Waals surface area contributed by atoms with E-state index in [1.807, 2.05) is 14.0 Å². The smallest absolute Gasteiger partial charge is 0.293 e. The molecule has 1 heterocycles. The standard InChI is InChI=1S/C13H24N4O2/c1-4-7-17-9-6-15-12(13(17)18)14-5-8-16(2)10-11-19-3/h6,9H,4-5,7-8,10-11H2,1-3H3,(H,14,15). The highest BCUT2D eigenvalue weighted by atomic mass is 16.5. The molecule has 6 nitrogen and oxygen atoms in total. The monoisotopic (exact) mass is 268 g/mol. The van der Waals surface area contributed by atoms with Crippen molar-refractivity contribution in [2.45, 2.75) is 19.9 Å². The summed E-state index contributed by atoms with van der Waals surface area (Å²) < 4.78 is 6.70. The third-order valence-electron chi connectivity index (χ3n) is 2.84. The van der Waals surface area contributed by atoms with Crippen LogP contribution in [0.2, 0.25) is 0 Å². The van der Waals surface area contributed by atoms with Crippen LogP contribution in [0.5, 0.6) is 0 Å². The van der Waals surface area contributed by atoms with E-state index in [9.17, 15) is 4.79 Å².